The highest BCUT2D eigenvalue weighted by Gasteiger charge is 2.16. The highest BCUT2D eigenvalue weighted by Crippen LogP contribution is 2.30. The molecule has 242 valence electrons. The molecule has 2 amide bonds. The molecule has 45 heavy (non-hydrogen) atoms. The lowest BCUT2D eigenvalue weighted by molar-refractivity contribution is -0.126. The van der Waals surface area contributed by atoms with E-state index >= 15 is 0 Å². The standard InChI is InChI=1S/C36H47N3O6/c1-4-5-6-7-8-9-10-11-12-13-14-19-34(40)37-26-35(41)39-38-25-30-29-18-16-15-17-27(29)20-22-31(30)45-36(42)28-21-23-32(43-2)33(24-28)44-3/h15-18,20-25H,4-14,19,26H2,1-3H3,(H,37,40)(H,39,41)/b38-25+. The number of amides is 2. The predicted molar refractivity (Wildman–Crippen MR) is 178 cm³/mol. The normalized spacial score (nSPS) is 11.0. The van der Waals surface area contributed by atoms with Gasteiger partial charge in [-0.2, -0.15) is 5.10 Å². The van der Waals surface area contributed by atoms with Crippen LogP contribution in [0.15, 0.2) is 59.7 Å². The number of benzene rings is 3. The molecule has 3 aromatic carbocycles. The molecule has 0 heterocycles. The maximum Gasteiger partial charge on any atom is 0.343 e. The second-order valence-corrected chi connectivity index (χ2v) is 11.0. The molecule has 0 bridgehead atoms. The Morgan fingerprint density at radius 1 is 0.733 bits per heavy atom. The molecule has 0 aromatic heterocycles. The summed E-state index contributed by atoms with van der Waals surface area (Å²) in [5, 5.41) is 8.44. The molecule has 0 spiro atoms. The van der Waals surface area contributed by atoms with Gasteiger partial charge in [-0.15, -0.1) is 0 Å². The quantitative estimate of drug-likeness (QED) is 0.0451. The lowest BCUT2D eigenvalue weighted by atomic mass is 10.0. The van der Waals surface area contributed by atoms with Crippen molar-refractivity contribution in [1.29, 1.82) is 0 Å². The largest absolute Gasteiger partial charge is 0.493 e. The Balaban J connectivity index is 1.47. The van der Waals surface area contributed by atoms with Crippen molar-refractivity contribution in [3.8, 4) is 17.2 Å². The first-order valence-corrected chi connectivity index (χ1v) is 16.0. The molecule has 3 rings (SSSR count). The molecule has 9 nitrogen and oxygen atoms in total. The summed E-state index contributed by atoms with van der Waals surface area (Å²) < 4.78 is 16.3. The number of hydrogen-bond acceptors (Lipinski definition) is 7. The number of methoxy groups -OCH3 is 2. The smallest absolute Gasteiger partial charge is 0.343 e. The van der Waals surface area contributed by atoms with E-state index in [0.29, 0.717) is 23.5 Å². The van der Waals surface area contributed by atoms with Crippen LogP contribution in [0.25, 0.3) is 10.8 Å². The molecule has 0 radical (unpaired) electrons. The third-order valence-corrected chi connectivity index (χ3v) is 7.59. The average Bonchev–Trinajstić information content (AvgIpc) is 3.06. The van der Waals surface area contributed by atoms with Crippen LogP contribution in [-0.4, -0.2) is 44.8 Å². The van der Waals surface area contributed by atoms with E-state index in [9.17, 15) is 14.4 Å². The third kappa shape index (κ3) is 11.9. The van der Waals surface area contributed by atoms with E-state index in [1.165, 1.54) is 71.8 Å². The predicted octanol–water partition coefficient (Wildman–Crippen LogP) is 7.34. The Morgan fingerprint density at radius 2 is 1.38 bits per heavy atom. The molecule has 0 aliphatic carbocycles. The van der Waals surface area contributed by atoms with Crippen LogP contribution in [0.5, 0.6) is 17.2 Å². The summed E-state index contributed by atoms with van der Waals surface area (Å²) in [7, 11) is 3.01. The molecule has 9 heteroatoms. The van der Waals surface area contributed by atoms with Gasteiger partial charge < -0.3 is 19.5 Å². The summed E-state index contributed by atoms with van der Waals surface area (Å²) in [6.45, 7) is 2.06. The maximum atomic E-state index is 13.0. The van der Waals surface area contributed by atoms with Gasteiger partial charge in [0.1, 0.15) is 5.75 Å². The fourth-order valence-corrected chi connectivity index (χ4v) is 5.05. The van der Waals surface area contributed by atoms with E-state index in [0.717, 1.165) is 30.0 Å². The molecule has 3 aromatic rings. The van der Waals surface area contributed by atoms with E-state index in [2.05, 4.69) is 22.8 Å². The summed E-state index contributed by atoms with van der Waals surface area (Å²) in [6, 6.07) is 15.9. The second-order valence-electron chi connectivity index (χ2n) is 11.0. The van der Waals surface area contributed by atoms with Crippen molar-refractivity contribution >= 4 is 34.8 Å². The van der Waals surface area contributed by atoms with Gasteiger partial charge in [0, 0.05) is 12.0 Å². The van der Waals surface area contributed by atoms with Gasteiger partial charge in [0.2, 0.25) is 5.91 Å². The van der Waals surface area contributed by atoms with Crippen molar-refractivity contribution in [3.05, 3.63) is 65.7 Å². The lowest BCUT2D eigenvalue weighted by Crippen LogP contribution is -2.34. The number of carbonyl (C=O) groups excluding carboxylic acids is 3. The number of ether oxygens (including phenoxy) is 3. The van der Waals surface area contributed by atoms with Gasteiger partial charge >= 0.3 is 5.97 Å². The Labute approximate surface area is 266 Å². The monoisotopic (exact) mass is 617 g/mol. The van der Waals surface area contributed by atoms with E-state index < -0.39 is 11.9 Å². The van der Waals surface area contributed by atoms with E-state index in [1.807, 2.05) is 30.3 Å². The number of unbranched alkanes of at least 4 members (excludes halogenated alkanes) is 10. The van der Waals surface area contributed by atoms with Crippen LogP contribution in [0.4, 0.5) is 0 Å². The van der Waals surface area contributed by atoms with Crippen molar-refractivity contribution in [2.24, 2.45) is 5.10 Å². The van der Waals surface area contributed by atoms with Crippen molar-refractivity contribution in [2.75, 3.05) is 20.8 Å². The zero-order chi connectivity index (χ0) is 32.3. The van der Waals surface area contributed by atoms with Crippen molar-refractivity contribution < 1.29 is 28.6 Å². The van der Waals surface area contributed by atoms with Gasteiger partial charge in [-0.1, -0.05) is 101 Å². The van der Waals surface area contributed by atoms with Gasteiger partial charge in [-0.3, -0.25) is 9.59 Å². The number of hydrogen-bond donors (Lipinski definition) is 2. The topological polar surface area (TPSA) is 115 Å². The molecule has 0 aliphatic rings. The molecule has 0 fully saturated rings. The van der Waals surface area contributed by atoms with Gasteiger partial charge in [0.05, 0.1) is 32.5 Å². The minimum Gasteiger partial charge on any atom is -0.493 e. The molecule has 2 N–H and O–H groups in total. The van der Waals surface area contributed by atoms with Crippen LogP contribution in [0.1, 0.15) is 99.9 Å². The van der Waals surface area contributed by atoms with Gasteiger partial charge in [-0.05, 0) is 41.5 Å². The SMILES string of the molecule is CCCCCCCCCCCCCC(=O)NCC(=O)N/N=C/c1c(OC(=O)c2ccc(OC)c(OC)c2)ccc2ccccc12. The van der Waals surface area contributed by atoms with Crippen LogP contribution in [-0.2, 0) is 9.59 Å². The van der Waals surface area contributed by atoms with Crippen molar-refractivity contribution in [2.45, 2.75) is 84.0 Å². The Kier molecular flexibility index (Phi) is 15.4. The van der Waals surface area contributed by atoms with E-state index in [1.54, 1.807) is 24.3 Å². The van der Waals surface area contributed by atoms with Gasteiger partial charge in [-0.25, -0.2) is 10.2 Å². The second kappa shape index (κ2) is 19.8. The number of carbonyl (C=O) groups is 3. The summed E-state index contributed by atoms with van der Waals surface area (Å²) in [5.74, 6) is -0.0299. The van der Waals surface area contributed by atoms with Crippen LogP contribution in [0.2, 0.25) is 0 Å². The lowest BCUT2D eigenvalue weighted by Gasteiger charge is -2.12. The average molecular weight is 618 g/mol. The highest BCUT2D eigenvalue weighted by molar-refractivity contribution is 6.04. The number of fused-ring (bicyclic) bond motifs is 1. The van der Waals surface area contributed by atoms with Crippen LogP contribution in [0, 0.1) is 0 Å². The number of nitrogens with one attached hydrogen (secondary N) is 2. The summed E-state index contributed by atoms with van der Waals surface area (Å²) in [5.41, 5.74) is 3.24. The molecule has 0 aliphatic heterocycles. The van der Waals surface area contributed by atoms with Crippen LogP contribution in [0.3, 0.4) is 0 Å². The minimum atomic E-state index is -0.592. The molecule has 0 saturated heterocycles. The zero-order valence-electron chi connectivity index (χ0n) is 26.9. The maximum absolute atomic E-state index is 13.0. The molecule has 0 atom stereocenters. The number of rotatable bonds is 20. The summed E-state index contributed by atoms with van der Waals surface area (Å²) in [6.07, 6.45) is 15.2. The fraction of sp³-hybridized carbons (Fsp3) is 0.444. The fourth-order valence-electron chi connectivity index (χ4n) is 5.05. The van der Waals surface area contributed by atoms with Gasteiger partial charge in [0.15, 0.2) is 11.5 Å². The molecule has 0 saturated carbocycles. The highest BCUT2D eigenvalue weighted by atomic mass is 16.5. The van der Waals surface area contributed by atoms with Crippen molar-refractivity contribution in [3.63, 3.8) is 0 Å². The van der Waals surface area contributed by atoms with E-state index in [-0.39, 0.29) is 23.8 Å². The third-order valence-electron chi connectivity index (χ3n) is 7.59. The molecular formula is C36H47N3O6. The van der Waals surface area contributed by atoms with E-state index in [4.69, 9.17) is 14.2 Å². The first kappa shape index (κ1) is 35.1. The summed E-state index contributed by atoms with van der Waals surface area (Å²) >= 11 is 0. The zero-order valence-corrected chi connectivity index (χ0v) is 26.9. The minimum absolute atomic E-state index is 0.150. The number of hydrazone groups is 1. The number of nitrogens with zero attached hydrogens (tertiary/aromatic N) is 1. The molecular weight excluding hydrogens is 570 g/mol. The Bertz CT molecular complexity index is 1420. The first-order valence-electron chi connectivity index (χ1n) is 16.0. The first-order chi connectivity index (χ1) is 22.0. The van der Waals surface area contributed by atoms with Crippen LogP contribution >= 0.6 is 0 Å². The number of esters is 1. The van der Waals surface area contributed by atoms with Crippen molar-refractivity contribution in [1.82, 2.24) is 10.7 Å². The van der Waals surface area contributed by atoms with Gasteiger partial charge in [0.25, 0.3) is 5.91 Å². The molecule has 0 unspecified atom stereocenters. The Morgan fingerprint density at radius 3 is 2.07 bits per heavy atom. The van der Waals surface area contributed by atoms with Crippen LogP contribution < -0.4 is 25.0 Å². The Hall–Kier alpha value is -4.40. The summed E-state index contributed by atoms with van der Waals surface area (Å²) in [4.78, 5) is 37.6.